The lowest BCUT2D eigenvalue weighted by atomic mass is 10.1. The number of ketones is 1. The lowest BCUT2D eigenvalue weighted by molar-refractivity contribution is -0.128. The Bertz CT molecular complexity index is 951. The van der Waals surface area contributed by atoms with Crippen LogP contribution in [-0.4, -0.2) is 41.1 Å². The van der Waals surface area contributed by atoms with Crippen LogP contribution in [0.1, 0.15) is 53.0 Å². The Morgan fingerprint density at radius 3 is 2.23 bits per heavy atom. The van der Waals surface area contributed by atoms with Crippen molar-refractivity contribution >= 4 is 29.3 Å². The van der Waals surface area contributed by atoms with Gasteiger partial charge in [0.1, 0.15) is 0 Å². The Balaban J connectivity index is 1.53. The number of nitrogens with zero attached hydrogens (tertiary/aromatic N) is 1. The molecule has 1 saturated heterocycles. The summed E-state index contributed by atoms with van der Waals surface area (Å²) < 4.78 is 5.25. The minimum absolute atomic E-state index is 0.0618. The number of nitrogens with one attached hydrogen (secondary N) is 1. The Labute approximate surface area is 175 Å². The highest BCUT2D eigenvalue weighted by Gasteiger charge is 2.21. The molecule has 2 aromatic rings. The van der Waals surface area contributed by atoms with Crippen LogP contribution in [0.25, 0.3) is 0 Å². The van der Waals surface area contributed by atoms with Crippen LogP contribution in [0, 0.1) is 0 Å². The van der Waals surface area contributed by atoms with Crippen molar-refractivity contribution in [1.29, 1.82) is 0 Å². The first kappa shape index (κ1) is 21.2. The number of carbonyl (C=O) groups excluding carboxylic acids is 4. The Hall–Kier alpha value is -3.48. The number of hydrogen-bond acceptors (Lipinski definition) is 5. The van der Waals surface area contributed by atoms with Gasteiger partial charge in [0, 0.05) is 30.8 Å². The summed E-state index contributed by atoms with van der Waals surface area (Å²) in [4.78, 5) is 49.4. The van der Waals surface area contributed by atoms with Crippen LogP contribution in [-0.2, 0) is 20.9 Å². The van der Waals surface area contributed by atoms with Crippen molar-refractivity contribution in [2.24, 2.45) is 0 Å². The maximum atomic E-state index is 12.3. The smallest absolute Gasteiger partial charge is 0.338 e. The minimum atomic E-state index is -0.994. The molecule has 1 aliphatic heterocycles. The first-order valence-corrected chi connectivity index (χ1v) is 9.83. The van der Waals surface area contributed by atoms with E-state index in [4.69, 9.17) is 4.74 Å². The van der Waals surface area contributed by atoms with E-state index in [1.165, 1.54) is 13.8 Å². The average molecular weight is 408 g/mol. The van der Waals surface area contributed by atoms with E-state index in [1.807, 2.05) is 0 Å². The third-order valence-electron chi connectivity index (χ3n) is 4.95. The van der Waals surface area contributed by atoms with Gasteiger partial charge in [0.2, 0.25) is 5.91 Å². The zero-order chi connectivity index (χ0) is 21.7. The van der Waals surface area contributed by atoms with E-state index in [2.05, 4.69) is 5.32 Å². The van der Waals surface area contributed by atoms with Crippen molar-refractivity contribution in [1.82, 2.24) is 4.90 Å². The summed E-state index contributed by atoms with van der Waals surface area (Å²) in [5, 5.41) is 2.65. The number of Topliss-reactive ketones (excluding diaryl/α,β-unsaturated/α-hetero) is 1. The van der Waals surface area contributed by atoms with Crippen LogP contribution in [0.4, 0.5) is 5.69 Å². The van der Waals surface area contributed by atoms with Gasteiger partial charge in [-0.25, -0.2) is 4.79 Å². The van der Waals surface area contributed by atoms with Gasteiger partial charge < -0.3 is 15.0 Å². The number of anilines is 1. The molecule has 1 N–H and O–H groups in total. The summed E-state index contributed by atoms with van der Waals surface area (Å²) in [6.07, 6.45) is 0.474. The van der Waals surface area contributed by atoms with Crippen molar-refractivity contribution in [3.63, 3.8) is 0 Å². The first-order chi connectivity index (χ1) is 14.3. The lowest BCUT2D eigenvalue weighted by Gasteiger charge is -2.16. The average Bonchev–Trinajstić information content (AvgIpc) is 3.13. The van der Waals surface area contributed by atoms with Crippen LogP contribution < -0.4 is 5.32 Å². The standard InChI is InChI=1S/C23H24N2O5/c1-15(26)18-9-11-20(12-10-18)24-22(28)16(2)30-23(29)19-7-5-17(6-8-19)14-25-13-3-4-21(25)27/h5-12,16H,3-4,13-14H2,1-2H3,(H,24,28)/t16-/m1/s1. The highest BCUT2D eigenvalue weighted by atomic mass is 16.5. The molecule has 1 heterocycles. The number of benzene rings is 2. The van der Waals surface area contributed by atoms with Crippen LogP contribution in [0.5, 0.6) is 0 Å². The van der Waals surface area contributed by atoms with Crippen molar-refractivity contribution in [2.45, 2.75) is 39.3 Å². The van der Waals surface area contributed by atoms with E-state index >= 15 is 0 Å². The molecule has 30 heavy (non-hydrogen) atoms. The fourth-order valence-electron chi connectivity index (χ4n) is 3.15. The molecule has 0 aliphatic carbocycles. The molecular formula is C23H24N2O5. The molecule has 1 fully saturated rings. The van der Waals surface area contributed by atoms with E-state index < -0.39 is 18.0 Å². The maximum Gasteiger partial charge on any atom is 0.338 e. The fourth-order valence-corrected chi connectivity index (χ4v) is 3.15. The van der Waals surface area contributed by atoms with E-state index in [9.17, 15) is 19.2 Å². The number of ether oxygens (including phenoxy) is 1. The van der Waals surface area contributed by atoms with Crippen molar-refractivity contribution in [2.75, 3.05) is 11.9 Å². The number of rotatable bonds is 7. The number of amides is 2. The summed E-state index contributed by atoms with van der Waals surface area (Å²) in [6.45, 7) is 4.24. The van der Waals surface area contributed by atoms with Gasteiger partial charge in [-0.05, 0) is 62.2 Å². The number of likely N-dealkylation sites (tertiary alicyclic amines) is 1. The van der Waals surface area contributed by atoms with Gasteiger partial charge in [0.05, 0.1) is 5.56 Å². The fraction of sp³-hybridized carbons (Fsp3) is 0.304. The lowest BCUT2D eigenvalue weighted by Crippen LogP contribution is -2.30. The summed E-state index contributed by atoms with van der Waals surface area (Å²) in [7, 11) is 0. The van der Waals surface area contributed by atoms with Gasteiger partial charge in [-0.2, -0.15) is 0 Å². The predicted molar refractivity (Wildman–Crippen MR) is 111 cm³/mol. The molecule has 1 atom stereocenters. The molecule has 0 bridgehead atoms. The maximum absolute atomic E-state index is 12.3. The summed E-state index contributed by atoms with van der Waals surface area (Å²) >= 11 is 0. The molecule has 0 saturated carbocycles. The first-order valence-electron chi connectivity index (χ1n) is 9.83. The van der Waals surface area contributed by atoms with Crippen LogP contribution in [0.2, 0.25) is 0 Å². The van der Waals surface area contributed by atoms with Gasteiger partial charge in [-0.3, -0.25) is 14.4 Å². The summed E-state index contributed by atoms with van der Waals surface area (Å²) in [6, 6.07) is 13.3. The van der Waals surface area contributed by atoms with Crippen molar-refractivity contribution in [3.8, 4) is 0 Å². The Kier molecular flexibility index (Phi) is 6.61. The van der Waals surface area contributed by atoms with E-state index in [0.717, 1.165) is 18.5 Å². The molecular weight excluding hydrogens is 384 g/mol. The highest BCUT2D eigenvalue weighted by Crippen LogP contribution is 2.16. The highest BCUT2D eigenvalue weighted by molar-refractivity contribution is 5.98. The van der Waals surface area contributed by atoms with Crippen molar-refractivity contribution in [3.05, 3.63) is 65.2 Å². The zero-order valence-corrected chi connectivity index (χ0v) is 17.0. The molecule has 0 spiro atoms. The second kappa shape index (κ2) is 9.35. The zero-order valence-electron chi connectivity index (χ0n) is 17.0. The molecule has 0 radical (unpaired) electrons. The SMILES string of the molecule is CC(=O)c1ccc(NC(=O)[C@@H](C)OC(=O)c2ccc(CN3CCCC3=O)cc2)cc1. The van der Waals surface area contributed by atoms with E-state index in [1.54, 1.807) is 53.4 Å². The van der Waals surface area contributed by atoms with Gasteiger partial charge in [-0.1, -0.05) is 12.1 Å². The quantitative estimate of drug-likeness (QED) is 0.561. The van der Waals surface area contributed by atoms with Gasteiger partial charge in [0.25, 0.3) is 5.91 Å². The monoisotopic (exact) mass is 408 g/mol. The summed E-state index contributed by atoms with van der Waals surface area (Å²) in [5.41, 5.74) is 2.32. The van der Waals surface area contributed by atoms with Crippen LogP contribution >= 0.6 is 0 Å². The number of carbonyl (C=O) groups is 4. The Morgan fingerprint density at radius 2 is 1.67 bits per heavy atom. The van der Waals surface area contributed by atoms with Crippen LogP contribution in [0.3, 0.4) is 0 Å². The molecule has 7 nitrogen and oxygen atoms in total. The third kappa shape index (κ3) is 5.31. The predicted octanol–water partition coefficient (Wildman–Crippen LogP) is 3.20. The van der Waals surface area contributed by atoms with Gasteiger partial charge in [-0.15, -0.1) is 0 Å². The topological polar surface area (TPSA) is 92.8 Å². The molecule has 1 aliphatic rings. The van der Waals surface area contributed by atoms with E-state index in [0.29, 0.717) is 29.8 Å². The van der Waals surface area contributed by atoms with Crippen LogP contribution in [0.15, 0.2) is 48.5 Å². The summed E-state index contributed by atoms with van der Waals surface area (Å²) in [5.74, 6) is -0.987. The Morgan fingerprint density at radius 1 is 1.03 bits per heavy atom. The normalized spacial score (nSPS) is 14.3. The van der Waals surface area contributed by atoms with Gasteiger partial charge in [0.15, 0.2) is 11.9 Å². The number of esters is 1. The second-order valence-corrected chi connectivity index (χ2v) is 7.29. The molecule has 2 aromatic carbocycles. The molecule has 7 heteroatoms. The van der Waals surface area contributed by atoms with E-state index in [-0.39, 0.29) is 11.7 Å². The molecule has 3 rings (SSSR count). The van der Waals surface area contributed by atoms with Gasteiger partial charge >= 0.3 is 5.97 Å². The molecule has 2 amide bonds. The molecule has 0 aromatic heterocycles. The third-order valence-corrected chi connectivity index (χ3v) is 4.95. The second-order valence-electron chi connectivity index (χ2n) is 7.29. The molecule has 156 valence electrons. The van der Waals surface area contributed by atoms with Crippen molar-refractivity contribution < 1.29 is 23.9 Å². The largest absolute Gasteiger partial charge is 0.449 e. The number of hydrogen-bond donors (Lipinski definition) is 1. The molecule has 0 unspecified atom stereocenters. The minimum Gasteiger partial charge on any atom is -0.449 e.